The number of carbonyl (C=O) groups excluding carboxylic acids is 1. The molecule has 114 valence electrons. The summed E-state index contributed by atoms with van der Waals surface area (Å²) in [5.74, 6) is -0.856. The number of likely N-dealkylation sites (tertiary alicyclic amines) is 2. The monoisotopic (exact) mass is 282 g/mol. The summed E-state index contributed by atoms with van der Waals surface area (Å²) < 4.78 is 0. The van der Waals surface area contributed by atoms with Crippen molar-refractivity contribution in [1.29, 1.82) is 0 Å². The number of carbonyl (C=O) groups is 2. The topological polar surface area (TPSA) is 60.9 Å². The third kappa shape index (κ3) is 2.17. The van der Waals surface area contributed by atoms with Gasteiger partial charge in [0.05, 0.1) is 0 Å². The van der Waals surface area contributed by atoms with Crippen LogP contribution in [-0.2, 0) is 4.79 Å². The molecular formula is C15H26N2O3. The van der Waals surface area contributed by atoms with E-state index in [0.717, 1.165) is 25.7 Å². The number of hydrogen-bond donors (Lipinski definition) is 1. The summed E-state index contributed by atoms with van der Waals surface area (Å²) >= 11 is 0. The van der Waals surface area contributed by atoms with Crippen molar-refractivity contribution < 1.29 is 14.7 Å². The van der Waals surface area contributed by atoms with Crippen LogP contribution in [0.25, 0.3) is 0 Å². The molecular weight excluding hydrogens is 256 g/mol. The molecule has 0 saturated carbocycles. The van der Waals surface area contributed by atoms with Crippen LogP contribution in [0.4, 0.5) is 4.79 Å². The quantitative estimate of drug-likeness (QED) is 0.865. The van der Waals surface area contributed by atoms with Crippen molar-refractivity contribution >= 4 is 12.0 Å². The molecule has 1 N–H and O–H groups in total. The minimum Gasteiger partial charge on any atom is -0.479 e. The SMILES string of the molecule is CCC1CCC(C)N1C(=O)N1CCCC1(CC)C(=O)O. The van der Waals surface area contributed by atoms with E-state index in [1.807, 2.05) is 11.8 Å². The molecule has 2 rings (SSSR count). The predicted octanol–water partition coefficient (Wildman–Crippen LogP) is 2.70. The van der Waals surface area contributed by atoms with Crippen LogP contribution in [-0.4, -0.2) is 51.1 Å². The first-order chi connectivity index (χ1) is 9.47. The zero-order valence-electron chi connectivity index (χ0n) is 12.8. The summed E-state index contributed by atoms with van der Waals surface area (Å²) in [6.07, 6.45) is 4.82. The maximum atomic E-state index is 12.9. The molecule has 3 unspecified atom stereocenters. The van der Waals surface area contributed by atoms with Crippen molar-refractivity contribution in [3.05, 3.63) is 0 Å². The van der Waals surface area contributed by atoms with Gasteiger partial charge >= 0.3 is 12.0 Å². The average Bonchev–Trinajstić information content (AvgIpc) is 3.01. The van der Waals surface area contributed by atoms with Gasteiger partial charge in [-0.2, -0.15) is 0 Å². The number of urea groups is 1. The highest BCUT2D eigenvalue weighted by Crippen LogP contribution is 2.36. The van der Waals surface area contributed by atoms with Crippen molar-refractivity contribution in [3.8, 4) is 0 Å². The van der Waals surface area contributed by atoms with Gasteiger partial charge in [-0.25, -0.2) is 9.59 Å². The number of aliphatic carboxylic acids is 1. The maximum absolute atomic E-state index is 12.9. The lowest BCUT2D eigenvalue weighted by atomic mass is 9.93. The van der Waals surface area contributed by atoms with Gasteiger partial charge in [0.25, 0.3) is 0 Å². The Hall–Kier alpha value is -1.26. The highest BCUT2D eigenvalue weighted by atomic mass is 16.4. The summed E-state index contributed by atoms with van der Waals surface area (Å²) in [4.78, 5) is 28.2. The van der Waals surface area contributed by atoms with Crippen molar-refractivity contribution in [3.63, 3.8) is 0 Å². The van der Waals surface area contributed by atoms with Gasteiger partial charge in [0.2, 0.25) is 0 Å². The van der Waals surface area contributed by atoms with Crippen LogP contribution in [0.5, 0.6) is 0 Å². The van der Waals surface area contributed by atoms with Crippen molar-refractivity contribution in [2.45, 2.75) is 76.9 Å². The summed E-state index contributed by atoms with van der Waals surface area (Å²) in [5, 5.41) is 9.60. The zero-order chi connectivity index (χ0) is 14.9. The highest BCUT2D eigenvalue weighted by molar-refractivity contribution is 5.87. The van der Waals surface area contributed by atoms with Crippen LogP contribution in [0.1, 0.15) is 59.3 Å². The Morgan fingerprint density at radius 2 is 2.00 bits per heavy atom. The smallest absolute Gasteiger partial charge is 0.329 e. The van der Waals surface area contributed by atoms with Crippen LogP contribution >= 0.6 is 0 Å². The van der Waals surface area contributed by atoms with Gasteiger partial charge in [-0.3, -0.25) is 0 Å². The van der Waals surface area contributed by atoms with Crippen LogP contribution in [0.2, 0.25) is 0 Å². The van der Waals surface area contributed by atoms with Crippen LogP contribution in [0.3, 0.4) is 0 Å². The Morgan fingerprint density at radius 3 is 2.55 bits per heavy atom. The second-order valence-electron chi connectivity index (χ2n) is 6.12. The largest absolute Gasteiger partial charge is 0.479 e. The first kappa shape index (κ1) is 15.1. The van der Waals surface area contributed by atoms with Gasteiger partial charge in [0.15, 0.2) is 0 Å². The molecule has 2 saturated heterocycles. The van der Waals surface area contributed by atoms with Crippen LogP contribution in [0, 0.1) is 0 Å². The molecule has 0 spiro atoms. The van der Waals surface area contributed by atoms with Crippen LogP contribution < -0.4 is 0 Å². The van der Waals surface area contributed by atoms with E-state index in [2.05, 4.69) is 13.8 Å². The Labute approximate surface area is 120 Å². The fourth-order valence-corrected chi connectivity index (χ4v) is 3.86. The molecule has 0 aromatic carbocycles. The number of carboxylic acid groups (broad SMARTS) is 1. The number of carboxylic acids is 1. The van der Waals surface area contributed by atoms with E-state index in [4.69, 9.17) is 0 Å². The normalized spacial score (nSPS) is 33.8. The molecule has 0 radical (unpaired) electrons. The van der Waals surface area contributed by atoms with E-state index in [-0.39, 0.29) is 18.1 Å². The molecule has 0 aromatic rings. The third-order valence-electron chi connectivity index (χ3n) is 5.18. The second-order valence-corrected chi connectivity index (χ2v) is 6.12. The predicted molar refractivity (Wildman–Crippen MR) is 76.6 cm³/mol. The van der Waals surface area contributed by atoms with Gasteiger partial charge in [-0.15, -0.1) is 0 Å². The lowest BCUT2D eigenvalue weighted by molar-refractivity contribution is -0.148. The maximum Gasteiger partial charge on any atom is 0.329 e. The molecule has 2 aliphatic rings. The summed E-state index contributed by atoms with van der Waals surface area (Å²) in [6, 6.07) is 0.418. The minimum absolute atomic E-state index is 0.0661. The van der Waals surface area contributed by atoms with Crippen molar-refractivity contribution in [1.82, 2.24) is 9.80 Å². The first-order valence-electron chi connectivity index (χ1n) is 7.81. The Bertz CT molecular complexity index is 399. The third-order valence-corrected chi connectivity index (χ3v) is 5.18. The standard InChI is InChI=1S/C15H26N2O3/c1-4-12-8-7-11(3)17(12)14(20)16-10-6-9-15(16,5-2)13(18)19/h11-12H,4-10H2,1-3H3,(H,18,19). The molecule has 0 aliphatic carbocycles. The van der Waals surface area contributed by atoms with Gasteiger partial charge in [-0.05, 0) is 45.4 Å². The molecule has 5 heteroatoms. The molecule has 20 heavy (non-hydrogen) atoms. The Morgan fingerprint density at radius 1 is 1.30 bits per heavy atom. The molecule has 0 aromatic heterocycles. The lowest BCUT2D eigenvalue weighted by Crippen LogP contribution is -2.58. The van der Waals surface area contributed by atoms with Crippen LogP contribution in [0.15, 0.2) is 0 Å². The molecule has 2 fully saturated rings. The number of amides is 2. The van der Waals surface area contributed by atoms with Gasteiger partial charge < -0.3 is 14.9 Å². The fourth-order valence-electron chi connectivity index (χ4n) is 3.86. The molecule has 2 heterocycles. The summed E-state index contributed by atoms with van der Waals surface area (Å²) in [7, 11) is 0. The van der Waals surface area contributed by atoms with E-state index < -0.39 is 11.5 Å². The van der Waals surface area contributed by atoms with E-state index in [9.17, 15) is 14.7 Å². The van der Waals surface area contributed by atoms with Gasteiger partial charge in [0, 0.05) is 18.6 Å². The fraction of sp³-hybridized carbons (Fsp3) is 0.867. The second kappa shape index (κ2) is 5.62. The number of nitrogens with zero attached hydrogens (tertiary/aromatic N) is 2. The van der Waals surface area contributed by atoms with Gasteiger partial charge in [0.1, 0.15) is 5.54 Å². The molecule has 0 bridgehead atoms. The summed E-state index contributed by atoms with van der Waals surface area (Å²) in [6.45, 7) is 6.60. The highest BCUT2D eigenvalue weighted by Gasteiger charge is 2.51. The minimum atomic E-state index is -0.988. The van der Waals surface area contributed by atoms with Crippen molar-refractivity contribution in [2.75, 3.05) is 6.54 Å². The average molecular weight is 282 g/mol. The first-order valence-corrected chi connectivity index (χ1v) is 7.81. The van der Waals surface area contributed by atoms with E-state index in [1.165, 1.54) is 0 Å². The van der Waals surface area contributed by atoms with Gasteiger partial charge in [-0.1, -0.05) is 13.8 Å². The molecule has 3 atom stereocenters. The van der Waals surface area contributed by atoms with E-state index in [1.54, 1.807) is 4.90 Å². The number of rotatable bonds is 3. The van der Waals surface area contributed by atoms with E-state index in [0.29, 0.717) is 19.4 Å². The van der Waals surface area contributed by atoms with Crippen molar-refractivity contribution in [2.24, 2.45) is 0 Å². The Kier molecular flexibility index (Phi) is 4.25. The van der Waals surface area contributed by atoms with E-state index >= 15 is 0 Å². The molecule has 5 nitrogen and oxygen atoms in total. The number of hydrogen-bond acceptors (Lipinski definition) is 2. The lowest BCUT2D eigenvalue weighted by Gasteiger charge is -2.39. The summed E-state index contributed by atoms with van der Waals surface area (Å²) in [5.41, 5.74) is -0.988. The Balaban J connectivity index is 2.25. The molecule has 2 amide bonds. The molecule has 2 aliphatic heterocycles. The zero-order valence-corrected chi connectivity index (χ0v) is 12.8.